The van der Waals surface area contributed by atoms with E-state index in [9.17, 15) is 0 Å². The summed E-state index contributed by atoms with van der Waals surface area (Å²) < 4.78 is 5.30. The first-order valence-electron chi connectivity index (χ1n) is 5.81. The number of benzene rings is 1. The molecule has 0 atom stereocenters. The van der Waals surface area contributed by atoms with Gasteiger partial charge in [-0.15, -0.1) is 0 Å². The molecule has 1 N–H and O–H groups in total. The fourth-order valence-corrected chi connectivity index (χ4v) is 1.73. The number of nitrogens with zero attached hydrogens (tertiary/aromatic N) is 2. The van der Waals surface area contributed by atoms with Crippen LogP contribution < -0.4 is 4.74 Å². The standard InChI is InChI=1S/C13H17N3O/c1-4-5-12-14-13(16-15-12)10-7-6-9(2)11(8-10)17-3/h6-8H,4-5H2,1-3H3,(H,14,15,16). The smallest absolute Gasteiger partial charge is 0.181 e. The van der Waals surface area contributed by atoms with Gasteiger partial charge < -0.3 is 4.74 Å². The first-order valence-corrected chi connectivity index (χ1v) is 5.81. The minimum absolute atomic E-state index is 0.728. The van der Waals surface area contributed by atoms with Crippen molar-refractivity contribution in [2.75, 3.05) is 7.11 Å². The summed E-state index contributed by atoms with van der Waals surface area (Å²) in [7, 11) is 1.67. The van der Waals surface area contributed by atoms with Gasteiger partial charge in [-0.2, -0.15) is 5.10 Å². The zero-order chi connectivity index (χ0) is 12.3. The van der Waals surface area contributed by atoms with Gasteiger partial charge >= 0.3 is 0 Å². The van der Waals surface area contributed by atoms with Crippen LogP contribution in [0.3, 0.4) is 0 Å². The van der Waals surface area contributed by atoms with Gasteiger partial charge in [0.1, 0.15) is 11.6 Å². The second kappa shape index (κ2) is 4.99. The number of H-pyrrole nitrogens is 1. The normalized spacial score (nSPS) is 10.5. The van der Waals surface area contributed by atoms with Crippen molar-refractivity contribution in [3.8, 4) is 17.1 Å². The van der Waals surface area contributed by atoms with Gasteiger partial charge in [0.25, 0.3) is 0 Å². The maximum atomic E-state index is 5.30. The number of rotatable bonds is 4. The molecule has 0 spiro atoms. The van der Waals surface area contributed by atoms with Crippen LogP contribution in [0.1, 0.15) is 24.7 Å². The monoisotopic (exact) mass is 231 g/mol. The molecule has 0 saturated carbocycles. The lowest BCUT2D eigenvalue weighted by molar-refractivity contribution is 0.412. The van der Waals surface area contributed by atoms with Crippen molar-refractivity contribution in [1.82, 2.24) is 15.2 Å². The first kappa shape index (κ1) is 11.6. The summed E-state index contributed by atoms with van der Waals surface area (Å²) in [6.45, 7) is 4.14. The minimum atomic E-state index is 0.728. The molecular weight excluding hydrogens is 214 g/mol. The van der Waals surface area contributed by atoms with Gasteiger partial charge in [0, 0.05) is 12.0 Å². The van der Waals surface area contributed by atoms with Crippen molar-refractivity contribution >= 4 is 0 Å². The van der Waals surface area contributed by atoms with Crippen LogP contribution in [-0.2, 0) is 6.42 Å². The molecule has 2 rings (SSSR count). The van der Waals surface area contributed by atoms with Gasteiger partial charge in [0.2, 0.25) is 0 Å². The number of aromatic amines is 1. The lowest BCUT2D eigenvalue weighted by atomic mass is 10.1. The van der Waals surface area contributed by atoms with Gasteiger partial charge in [0.15, 0.2) is 5.82 Å². The van der Waals surface area contributed by atoms with Crippen LogP contribution in [0.4, 0.5) is 0 Å². The highest BCUT2D eigenvalue weighted by molar-refractivity contribution is 5.58. The van der Waals surface area contributed by atoms with Crippen LogP contribution in [0.2, 0.25) is 0 Å². The van der Waals surface area contributed by atoms with E-state index in [2.05, 4.69) is 22.1 Å². The molecule has 0 aliphatic carbocycles. The quantitative estimate of drug-likeness (QED) is 0.880. The topological polar surface area (TPSA) is 50.8 Å². The lowest BCUT2D eigenvalue weighted by Gasteiger charge is -2.05. The van der Waals surface area contributed by atoms with E-state index in [0.717, 1.165) is 41.4 Å². The Morgan fingerprint density at radius 1 is 1.35 bits per heavy atom. The van der Waals surface area contributed by atoms with E-state index in [1.807, 2.05) is 25.1 Å². The highest BCUT2D eigenvalue weighted by atomic mass is 16.5. The van der Waals surface area contributed by atoms with E-state index in [-0.39, 0.29) is 0 Å². The minimum Gasteiger partial charge on any atom is -0.496 e. The zero-order valence-electron chi connectivity index (χ0n) is 10.4. The third kappa shape index (κ3) is 2.46. The maximum absolute atomic E-state index is 5.30. The second-order valence-corrected chi connectivity index (χ2v) is 4.04. The second-order valence-electron chi connectivity index (χ2n) is 4.04. The fraction of sp³-hybridized carbons (Fsp3) is 0.385. The number of hydrogen-bond donors (Lipinski definition) is 1. The van der Waals surface area contributed by atoms with E-state index in [4.69, 9.17) is 4.74 Å². The largest absolute Gasteiger partial charge is 0.496 e. The van der Waals surface area contributed by atoms with E-state index >= 15 is 0 Å². The number of ether oxygens (including phenoxy) is 1. The van der Waals surface area contributed by atoms with Crippen LogP contribution in [0, 0.1) is 6.92 Å². The Kier molecular flexibility index (Phi) is 3.42. The summed E-state index contributed by atoms with van der Waals surface area (Å²) in [4.78, 5) is 4.45. The molecule has 0 aliphatic heterocycles. The van der Waals surface area contributed by atoms with Crippen LogP contribution in [0.15, 0.2) is 18.2 Å². The number of aromatic nitrogens is 3. The molecule has 0 aliphatic rings. The van der Waals surface area contributed by atoms with Crippen molar-refractivity contribution in [3.05, 3.63) is 29.6 Å². The Morgan fingerprint density at radius 3 is 2.88 bits per heavy atom. The van der Waals surface area contributed by atoms with Crippen molar-refractivity contribution in [2.24, 2.45) is 0 Å². The first-order chi connectivity index (χ1) is 8.24. The van der Waals surface area contributed by atoms with Crippen molar-refractivity contribution in [3.63, 3.8) is 0 Å². The Bertz CT molecular complexity index is 505. The predicted octanol–water partition coefficient (Wildman–Crippen LogP) is 2.74. The van der Waals surface area contributed by atoms with Gasteiger partial charge in [-0.25, -0.2) is 4.98 Å². The van der Waals surface area contributed by atoms with Crippen LogP contribution >= 0.6 is 0 Å². The van der Waals surface area contributed by atoms with E-state index in [0.29, 0.717) is 0 Å². The van der Waals surface area contributed by atoms with Crippen molar-refractivity contribution < 1.29 is 4.74 Å². The molecule has 0 unspecified atom stereocenters. The lowest BCUT2D eigenvalue weighted by Crippen LogP contribution is -1.89. The van der Waals surface area contributed by atoms with Gasteiger partial charge in [-0.1, -0.05) is 19.1 Å². The number of hydrogen-bond acceptors (Lipinski definition) is 3. The van der Waals surface area contributed by atoms with Crippen molar-refractivity contribution in [1.29, 1.82) is 0 Å². The Balaban J connectivity index is 2.32. The molecule has 2 aromatic rings. The average Bonchev–Trinajstić information content (AvgIpc) is 2.79. The zero-order valence-corrected chi connectivity index (χ0v) is 10.4. The molecule has 4 heteroatoms. The molecule has 0 saturated heterocycles. The summed E-state index contributed by atoms with van der Waals surface area (Å²) in [5.41, 5.74) is 2.09. The molecule has 4 nitrogen and oxygen atoms in total. The van der Waals surface area contributed by atoms with Gasteiger partial charge in [-0.3, -0.25) is 5.10 Å². The summed E-state index contributed by atoms with van der Waals surface area (Å²) in [6, 6.07) is 6.00. The van der Waals surface area contributed by atoms with Crippen LogP contribution in [0.5, 0.6) is 5.75 Å². The van der Waals surface area contributed by atoms with Gasteiger partial charge in [0.05, 0.1) is 7.11 Å². The molecule has 1 heterocycles. The summed E-state index contributed by atoms with van der Waals surface area (Å²) in [6.07, 6.45) is 1.99. The molecule has 1 aromatic carbocycles. The Labute approximate surface area is 101 Å². The highest BCUT2D eigenvalue weighted by Gasteiger charge is 2.07. The summed E-state index contributed by atoms with van der Waals surface area (Å²) >= 11 is 0. The maximum Gasteiger partial charge on any atom is 0.181 e. The fourth-order valence-electron chi connectivity index (χ4n) is 1.73. The third-order valence-corrected chi connectivity index (χ3v) is 2.68. The van der Waals surface area contributed by atoms with Crippen LogP contribution in [-0.4, -0.2) is 22.3 Å². The molecule has 0 radical (unpaired) electrons. The molecule has 90 valence electrons. The Hall–Kier alpha value is -1.84. The SMILES string of the molecule is CCCc1nc(-c2ccc(C)c(OC)c2)n[nH]1. The molecule has 1 aromatic heterocycles. The molecule has 17 heavy (non-hydrogen) atoms. The Morgan fingerprint density at radius 2 is 2.18 bits per heavy atom. The molecular formula is C13H17N3O. The van der Waals surface area contributed by atoms with Crippen LogP contribution in [0.25, 0.3) is 11.4 Å². The summed E-state index contributed by atoms with van der Waals surface area (Å²) in [5, 5.41) is 7.17. The molecule has 0 amide bonds. The number of aryl methyl sites for hydroxylation is 2. The number of nitrogens with one attached hydrogen (secondary N) is 1. The van der Waals surface area contributed by atoms with E-state index < -0.39 is 0 Å². The van der Waals surface area contributed by atoms with Gasteiger partial charge in [-0.05, 0) is 25.0 Å². The average molecular weight is 231 g/mol. The highest BCUT2D eigenvalue weighted by Crippen LogP contribution is 2.24. The summed E-state index contributed by atoms with van der Waals surface area (Å²) in [5.74, 6) is 2.53. The predicted molar refractivity (Wildman–Crippen MR) is 67.1 cm³/mol. The third-order valence-electron chi connectivity index (χ3n) is 2.68. The van der Waals surface area contributed by atoms with Crippen molar-refractivity contribution in [2.45, 2.75) is 26.7 Å². The van der Waals surface area contributed by atoms with E-state index in [1.54, 1.807) is 7.11 Å². The van der Waals surface area contributed by atoms with E-state index in [1.165, 1.54) is 0 Å². The molecule has 0 bridgehead atoms. The number of methoxy groups -OCH3 is 1. The molecule has 0 fully saturated rings.